The van der Waals surface area contributed by atoms with Gasteiger partial charge in [-0.05, 0) is 57.0 Å². The van der Waals surface area contributed by atoms with Crippen molar-refractivity contribution in [3.63, 3.8) is 0 Å². The molecule has 0 aliphatic carbocycles. The standard InChI is InChI=1S/C28H30F9N3O2/c1-14(2)38-9-6-7-16(4)40-20-13-22(41-5)25(23-15(3)8-10-39-24(20)23)42-21-12-18(27(32,33)34)17(26(29,30)31)11-19(21)28(35,36)37/h8,10-14,16,38,40H,6-7,9H2,1-5H3. The van der Waals surface area contributed by atoms with Crippen LogP contribution in [-0.4, -0.2) is 30.7 Å². The topological polar surface area (TPSA) is 55.4 Å². The second kappa shape index (κ2) is 12.4. The van der Waals surface area contributed by atoms with E-state index >= 15 is 0 Å². The normalized spacial score (nSPS) is 13.5. The quantitative estimate of drug-likeness (QED) is 0.177. The number of alkyl halides is 9. The van der Waals surface area contributed by atoms with Crippen LogP contribution in [0.5, 0.6) is 17.2 Å². The maximum Gasteiger partial charge on any atom is 0.420 e. The van der Waals surface area contributed by atoms with Gasteiger partial charge in [0.15, 0.2) is 11.5 Å². The van der Waals surface area contributed by atoms with Crippen LogP contribution in [0.25, 0.3) is 10.9 Å². The molecule has 3 aromatic rings. The van der Waals surface area contributed by atoms with E-state index in [1.165, 1.54) is 25.4 Å². The van der Waals surface area contributed by atoms with Gasteiger partial charge in [0.25, 0.3) is 0 Å². The van der Waals surface area contributed by atoms with Gasteiger partial charge in [-0.15, -0.1) is 0 Å². The van der Waals surface area contributed by atoms with Crippen LogP contribution >= 0.6 is 0 Å². The number of hydrogen-bond acceptors (Lipinski definition) is 5. The second-order valence-electron chi connectivity index (χ2n) is 10.1. The summed E-state index contributed by atoms with van der Waals surface area (Å²) in [5, 5.41) is 6.68. The molecule has 0 aliphatic heterocycles. The molecular weight excluding hydrogens is 581 g/mol. The minimum Gasteiger partial charge on any atom is -0.493 e. The number of fused-ring (bicyclic) bond motifs is 1. The SMILES string of the molecule is COc1cc(NC(C)CCCNC(C)C)c2nccc(C)c2c1Oc1cc(C(F)(F)F)c(C(F)(F)F)cc1C(F)(F)F. The highest BCUT2D eigenvalue weighted by Gasteiger charge is 2.47. The van der Waals surface area contributed by atoms with E-state index in [-0.39, 0.29) is 28.8 Å². The summed E-state index contributed by atoms with van der Waals surface area (Å²) in [6.45, 7) is 8.28. The van der Waals surface area contributed by atoms with E-state index < -0.39 is 52.8 Å². The van der Waals surface area contributed by atoms with Gasteiger partial charge in [-0.2, -0.15) is 39.5 Å². The molecule has 0 amide bonds. The van der Waals surface area contributed by atoms with Crippen LogP contribution in [-0.2, 0) is 18.5 Å². The van der Waals surface area contributed by atoms with E-state index in [1.807, 2.05) is 20.8 Å². The van der Waals surface area contributed by atoms with Crippen LogP contribution in [0, 0.1) is 6.92 Å². The monoisotopic (exact) mass is 611 g/mol. The molecule has 232 valence electrons. The van der Waals surface area contributed by atoms with Gasteiger partial charge in [-0.25, -0.2) is 0 Å². The van der Waals surface area contributed by atoms with Gasteiger partial charge < -0.3 is 20.1 Å². The zero-order valence-corrected chi connectivity index (χ0v) is 23.3. The Balaban J connectivity index is 2.18. The van der Waals surface area contributed by atoms with Crippen LogP contribution in [0.1, 0.15) is 55.9 Å². The molecule has 5 nitrogen and oxygen atoms in total. The molecule has 1 aromatic heterocycles. The average Bonchev–Trinajstić information content (AvgIpc) is 2.85. The summed E-state index contributed by atoms with van der Waals surface area (Å²) in [6, 6.07) is 2.21. The number of ether oxygens (including phenoxy) is 2. The molecule has 2 N–H and O–H groups in total. The molecule has 1 heterocycles. The zero-order chi connectivity index (χ0) is 31.6. The molecule has 0 fully saturated rings. The highest BCUT2D eigenvalue weighted by Crippen LogP contribution is 2.50. The molecule has 0 aliphatic rings. The van der Waals surface area contributed by atoms with Crippen LogP contribution in [0.2, 0.25) is 0 Å². The maximum atomic E-state index is 13.9. The van der Waals surface area contributed by atoms with Crippen molar-refractivity contribution in [1.29, 1.82) is 0 Å². The molecule has 3 rings (SSSR count). The fraction of sp³-hybridized carbons (Fsp3) is 0.464. The molecule has 0 spiro atoms. The lowest BCUT2D eigenvalue weighted by Crippen LogP contribution is -2.25. The number of pyridine rings is 1. The predicted octanol–water partition coefficient (Wildman–Crippen LogP) is 8.98. The number of anilines is 1. The number of benzene rings is 2. The second-order valence-corrected chi connectivity index (χ2v) is 10.1. The smallest absolute Gasteiger partial charge is 0.420 e. The largest absolute Gasteiger partial charge is 0.493 e. The lowest BCUT2D eigenvalue weighted by atomic mass is 10.0. The number of nitrogens with one attached hydrogen (secondary N) is 2. The van der Waals surface area contributed by atoms with Gasteiger partial charge in [0, 0.05) is 24.3 Å². The average molecular weight is 612 g/mol. The number of rotatable bonds is 10. The van der Waals surface area contributed by atoms with Gasteiger partial charge in [-0.1, -0.05) is 13.8 Å². The number of hydrogen-bond donors (Lipinski definition) is 2. The highest BCUT2D eigenvalue weighted by atomic mass is 19.4. The molecule has 42 heavy (non-hydrogen) atoms. The minimum absolute atomic E-state index is 0.0953. The summed E-state index contributed by atoms with van der Waals surface area (Å²) < 4.78 is 134. The van der Waals surface area contributed by atoms with Gasteiger partial charge in [0.2, 0.25) is 0 Å². The van der Waals surface area contributed by atoms with Crippen molar-refractivity contribution in [2.75, 3.05) is 19.0 Å². The highest BCUT2D eigenvalue weighted by molar-refractivity contribution is 5.99. The van der Waals surface area contributed by atoms with Crippen LogP contribution in [0.3, 0.4) is 0 Å². The third-order valence-electron chi connectivity index (χ3n) is 6.38. The number of methoxy groups -OCH3 is 1. The van der Waals surface area contributed by atoms with Crippen molar-refractivity contribution in [2.24, 2.45) is 0 Å². The summed E-state index contributed by atoms with van der Waals surface area (Å²) in [4.78, 5) is 4.31. The first-order valence-electron chi connectivity index (χ1n) is 12.9. The molecule has 0 radical (unpaired) electrons. The Kier molecular flexibility index (Phi) is 9.80. The Morgan fingerprint density at radius 3 is 1.98 bits per heavy atom. The molecule has 1 atom stereocenters. The Bertz CT molecular complexity index is 1400. The van der Waals surface area contributed by atoms with E-state index in [4.69, 9.17) is 9.47 Å². The lowest BCUT2D eigenvalue weighted by molar-refractivity contribution is -0.163. The van der Waals surface area contributed by atoms with Gasteiger partial charge in [0.05, 0.1) is 40.4 Å². The van der Waals surface area contributed by atoms with Crippen molar-refractivity contribution in [3.8, 4) is 17.2 Å². The molecular formula is C28H30F9N3O2. The van der Waals surface area contributed by atoms with E-state index in [2.05, 4.69) is 15.6 Å². The van der Waals surface area contributed by atoms with Gasteiger partial charge in [0.1, 0.15) is 5.75 Å². The van der Waals surface area contributed by atoms with Crippen LogP contribution in [0.15, 0.2) is 30.5 Å². The Morgan fingerprint density at radius 1 is 0.833 bits per heavy atom. The fourth-order valence-corrected chi connectivity index (χ4v) is 4.40. The molecule has 2 aromatic carbocycles. The Labute approximate surface area is 236 Å². The maximum absolute atomic E-state index is 13.9. The zero-order valence-electron chi connectivity index (χ0n) is 23.3. The Morgan fingerprint density at radius 2 is 1.43 bits per heavy atom. The number of nitrogens with zero attached hydrogens (tertiary/aromatic N) is 1. The minimum atomic E-state index is -5.72. The number of halogens is 9. The summed E-state index contributed by atoms with van der Waals surface area (Å²) in [7, 11) is 1.17. The summed E-state index contributed by atoms with van der Waals surface area (Å²) in [6.07, 6.45) is -13.9. The molecule has 14 heteroatoms. The van der Waals surface area contributed by atoms with E-state index in [9.17, 15) is 39.5 Å². The predicted molar refractivity (Wildman–Crippen MR) is 140 cm³/mol. The molecule has 0 bridgehead atoms. The molecule has 0 saturated heterocycles. The third-order valence-corrected chi connectivity index (χ3v) is 6.38. The van der Waals surface area contributed by atoms with Crippen molar-refractivity contribution in [2.45, 2.75) is 71.1 Å². The van der Waals surface area contributed by atoms with E-state index in [0.29, 0.717) is 17.3 Å². The third kappa shape index (κ3) is 7.69. The molecule has 0 saturated carbocycles. The van der Waals surface area contributed by atoms with Crippen molar-refractivity contribution in [1.82, 2.24) is 10.3 Å². The molecule has 1 unspecified atom stereocenters. The summed E-state index contributed by atoms with van der Waals surface area (Å²) in [5.41, 5.74) is -5.79. The Hall–Kier alpha value is -3.42. The summed E-state index contributed by atoms with van der Waals surface area (Å²) in [5.74, 6) is -2.08. The van der Waals surface area contributed by atoms with Crippen molar-refractivity contribution in [3.05, 3.63) is 52.7 Å². The van der Waals surface area contributed by atoms with Gasteiger partial charge >= 0.3 is 18.5 Å². The van der Waals surface area contributed by atoms with Crippen LogP contribution in [0.4, 0.5) is 45.2 Å². The summed E-state index contributed by atoms with van der Waals surface area (Å²) >= 11 is 0. The lowest BCUT2D eigenvalue weighted by Gasteiger charge is -2.23. The van der Waals surface area contributed by atoms with Crippen LogP contribution < -0.4 is 20.1 Å². The number of aryl methyl sites for hydroxylation is 1. The fourth-order valence-electron chi connectivity index (χ4n) is 4.40. The first-order valence-corrected chi connectivity index (χ1v) is 12.9. The van der Waals surface area contributed by atoms with Crippen molar-refractivity contribution < 1.29 is 49.0 Å². The number of aromatic nitrogens is 1. The van der Waals surface area contributed by atoms with E-state index in [1.54, 1.807) is 6.92 Å². The van der Waals surface area contributed by atoms with Crippen molar-refractivity contribution >= 4 is 16.6 Å². The first kappa shape index (κ1) is 33.1. The first-order chi connectivity index (χ1) is 19.3. The van der Waals surface area contributed by atoms with E-state index in [0.717, 1.165) is 19.4 Å². The van der Waals surface area contributed by atoms with Gasteiger partial charge in [-0.3, -0.25) is 4.98 Å².